The minimum absolute atomic E-state index is 0.0531. The Kier molecular flexibility index (Phi) is 2.91. The Labute approximate surface area is 71.3 Å². The van der Waals surface area contributed by atoms with Gasteiger partial charge in [-0.2, -0.15) is 0 Å². The summed E-state index contributed by atoms with van der Waals surface area (Å²) >= 11 is 0. The molecule has 1 aromatic heterocycles. The first kappa shape index (κ1) is 8.84. The van der Waals surface area contributed by atoms with Crippen LogP contribution >= 0.6 is 0 Å². The molecule has 1 unspecified atom stereocenters. The van der Waals surface area contributed by atoms with Crippen molar-refractivity contribution >= 4 is 5.97 Å². The Bertz CT molecular complexity index is 238. The molecule has 1 atom stereocenters. The molecule has 1 aromatic rings. The van der Waals surface area contributed by atoms with Crippen LogP contribution < -0.4 is 0 Å². The van der Waals surface area contributed by atoms with Crippen molar-refractivity contribution in [2.45, 2.75) is 26.4 Å². The molecular formula is C9H12O3. The summed E-state index contributed by atoms with van der Waals surface area (Å²) in [7, 11) is 0. The maximum Gasteiger partial charge on any atom is 0.374 e. The highest BCUT2D eigenvalue weighted by atomic mass is 16.6. The Balaban J connectivity index is 2.50. The molecule has 0 aliphatic heterocycles. The van der Waals surface area contributed by atoms with E-state index in [0.717, 1.165) is 6.42 Å². The van der Waals surface area contributed by atoms with E-state index in [-0.39, 0.29) is 11.9 Å². The number of furan rings is 1. The van der Waals surface area contributed by atoms with E-state index in [1.165, 1.54) is 6.26 Å². The third kappa shape index (κ3) is 2.12. The van der Waals surface area contributed by atoms with Gasteiger partial charge in [0.05, 0.1) is 12.4 Å². The molecule has 1 rings (SSSR count). The van der Waals surface area contributed by atoms with E-state index in [1.54, 1.807) is 12.1 Å². The first-order valence-corrected chi connectivity index (χ1v) is 3.98. The Morgan fingerprint density at radius 1 is 1.75 bits per heavy atom. The number of ether oxygens (including phenoxy) is 1. The van der Waals surface area contributed by atoms with Crippen LogP contribution in [0.1, 0.15) is 30.8 Å². The number of carbonyl (C=O) groups is 1. The van der Waals surface area contributed by atoms with Crippen LogP contribution in [0.3, 0.4) is 0 Å². The van der Waals surface area contributed by atoms with Gasteiger partial charge in [0.15, 0.2) is 0 Å². The van der Waals surface area contributed by atoms with Crippen molar-refractivity contribution in [1.29, 1.82) is 0 Å². The van der Waals surface area contributed by atoms with E-state index >= 15 is 0 Å². The molecule has 0 saturated heterocycles. The fraction of sp³-hybridized carbons (Fsp3) is 0.444. The second-order valence-corrected chi connectivity index (χ2v) is 2.60. The molecule has 0 N–H and O–H groups in total. The second kappa shape index (κ2) is 3.95. The lowest BCUT2D eigenvalue weighted by Gasteiger charge is -2.08. The average Bonchev–Trinajstić information content (AvgIpc) is 2.56. The van der Waals surface area contributed by atoms with Gasteiger partial charge in [-0.3, -0.25) is 0 Å². The van der Waals surface area contributed by atoms with Crippen molar-refractivity contribution in [3.05, 3.63) is 24.2 Å². The molecule has 0 radical (unpaired) electrons. The number of hydrogen-bond acceptors (Lipinski definition) is 3. The zero-order valence-corrected chi connectivity index (χ0v) is 7.24. The van der Waals surface area contributed by atoms with Crippen molar-refractivity contribution in [3.63, 3.8) is 0 Å². The predicted molar refractivity (Wildman–Crippen MR) is 43.9 cm³/mol. The van der Waals surface area contributed by atoms with Crippen LogP contribution in [-0.4, -0.2) is 12.1 Å². The van der Waals surface area contributed by atoms with Crippen LogP contribution in [0.2, 0.25) is 0 Å². The molecule has 0 spiro atoms. The Hall–Kier alpha value is -1.25. The van der Waals surface area contributed by atoms with Gasteiger partial charge in [0.1, 0.15) is 0 Å². The smallest absolute Gasteiger partial charge is 0.374 e. The van der Waals surface area contributed by atoms with Gasteiger partial charge >= 0.3 is 5.97 Å². The first-order chi connectivity index (χ1) is 5.74. The zero-order valence-electron chi connectivity index (χ0n) is 7.24. The molecule has 0 aliphatic carbocycles. The Morgan fingerprint density at radius 2 is 2.50 bits per heavy atom. The molecule has 3 nitrogen and oxygen atoms in total. The highest BCUT2D eigenvalue weighted by Crippen LogP contribution is 2.05. The van der Waals surface area contributed by atoms with Gasteiger partial charge in [-0.1, -0.05) is 6.92 Å². The second-order valence-electron chi connectivity index (χ2n) is 2.60. The van der Waals surface area contributed by atoms with Gasteiger partial charge in [0, 0.05) is 0 Å². The van der Waals surface area contributed by atoms with Crippen LogP contribution in [0.4, 0.5) is 0 Å². The van der Waals surface area contributed by atoms with Gasteiger partial charge in [-0.25, -0.2) is 4.79 Å². The summed E-state index contributed by atoms with van der Waals surface area (Å²) in [6.07, 6.45) is 2.21. The molecule has 0 bridgehead atoms. The van der Waals surface area contributed by atoms with E-state index in [2.05, 4.69) is 0 Å². The summed E-state index contributed by atoms with van der Waals surface area (Å²) in [5.41, 5.74) is 0. The van der Waals surface area contributed by atoms with Crippen LogP contribution in [0.15, 0.2) is 22.8 Å². The maximum absolute atomic E-state index is 11.2. The predicted octanol–water partition coefficient (Wildman–Crippen LogP) is 2.23. The van der Waals surface area contributed by atoms with E-state index < -0.39 is 5.97 Å². The van der Waals surface area contributed by atoms with Crippen LogP contribution in [0.5, 0.6) is 0 Å². The number of rotatable bonds is 3. The van der Waals surface area contributed by atoms with Crippen molar-refractivity contribution in [2.24, 2.45) is 0 Å². The van der Waals surface area contributed by atoms with E-state index in [9.17, 15) is 4.79 Å². The lowest BCUT2D eigenvalue weighted by molar-refractivity contribution is 0.0298. The molecule has 0 saturated carbocycles. The van der Waals surface area contributed by atoms with Gasteiger partial charge in [-0.15, -0.1) is 0 Å². The lowest BCUT2D eigenvalue weighted by atomic mass is 10.3. The van der Waals surface area contributed by atoms with Gasteiger partial charge in [0.25, 0.3) is 0 Å². The van der Waals surface area contributed by atoms with Crippen molar-refractivity contribution in [2.75, 3.05) is 0 Å². The molecule has 0 aromatic carbocycles. The first-order valence-electron chi connectivity index (χ1n) is 3.98. The number of esters is 1. The van der Waals surface area contributed by atoms with Crippen LogP contribution in [0, 0.1) is 0 Å². The quantitative estimate of drug-likeness (QED) is 0.650. The summed E-state index contributed by atoms with van der Waals surface area (Å²) in [6, 6.07) is 3.25. The fourth-order valence-corrected chi connectivity index (χ4v) is 0.719. The maximum atomic E-state index is 11.2. The summed E-state index contributed by atoms with van der Waals surface area (Å²) in [5, 5.41) is 0. The lowest BCUT2D eigenvalue weighted by Crippen LogP contribution is -2.13. The molecule has 3 heteroatoms. The normalized spacial score (nSPS) is 12.5. The highest BCUT2D eigenvalue weighted by molar-refractivity contribution is 5.86. The van der Waals surface area contributed by atoms with Gasteiger partial charge in [0.2, 0.25) is 5.76 Å². The average molecular weight is 168 g/mol. The number of carbonyl (C=O) groups excluding carboxylic acids is 1. The van der Waals surface area contributed by atoms with Crippen molar-refractivity contribution in [3.8, 4) is 0 Å². The highest BCUT2D eigenvalue weighted by Gasteiger charge is 2.12. The van der Waals surface area contributed by atoms with Crippen molar-refractivity contribution < 1.29 is 13.9 Å². The molecule has 0 aliphatic rings. The van der Waals surface area contributed by atoms with Crippen molar-refractivity contribution in [1.82, 2.24) is 0 Å². The summed E-state index contributed by atoms with van der Waals surface area (Å²) in [6.45, 7) is 3.81. The standard InChI is InChI=1S/C9H12O3/c1-3-7(2)12-9(10)8-5-4-6-11-8/h4-7H,3H2,1-2H3. The molecule has 66 valence electrons. The summed E-state index contributed by atoms with van der Waals surface area (Å²) in [5.74, 6) is -0.135. The summed E-state index contributed by atoms with van der Waals surface area (Å²) < 4.78 is 9.88. The minimum atomic E-state index is -0.394. The SMILES string of the molecule is CCC(C)OC(=O)c1ccco1. The number of hydrogen-bond donors (Lipinski definition) is 0. The summed E-state index contributed by atoms with van der Waals surface area (Å²) in [4.78, 5) is 11.2. The topological polar surface area (TPSA) is 39.4 Å². The third-order valence-electron chi connectivity index (χ3n) is 1.61. The minimum Gasteiger partial charge on any atom is -0.457 e. The van der Waals surface area contributed by atoms with Gasteiger partial charge in [-0.05, 0) is 25.5 Å². The molecule has 12 heavy (non-hydrogen) atoms. The van der Waals surface area contributed by atoms with E-state index in [4.69, 9.17) is 9.15 Å². The zero-order chi connectivity index (χ0) is 8.97. The molecule has 0 fully saturated rings. The largest absolute Gasteiger partial charge is 0.457 e. The molecular weight excluding hydrogens is 156 g/mol. The monoisotopic (exact) mass is 168 g/mol. The van der Waals surface area contributed by atoms with Crippen LogP contribution in [0.25, 0.3) is 0 Å². The molecule has 0 amide bonds. The van der Waals surface area contributed by atoms with E-state index in [0.29, 0.717) is 0 Å². The van der Waals surface area contributed by atoms with Gasteiger partial charge < -0.3 is 9.15 Å². The Morgan fingerprint density at radius 3 is 3.00 bits per heavy atom. The fourth-order valence-electron chi connectivity index (χ4n) is 0.719. The van der Waals surface area contributed by atoms with E-state index in [1.807, 2.05) is 13.8 Å². The van der Waals surface area contributed by atoms with Crippen LogP contribution in [-0.2, 0) is 4.74 Å². The molecule has 1 heterocycles. The third-order valence-corrected chi connectivity index (χ3v) is 1.61.